The lowest BCUT2D eigenvalue weighted by Crippen LogP contribution is -2.10. The summed E-state index contributed by atoms with van der Waals surface area (Å²) < 4.78 is 11.7. The van der Waals surface area contributed by atoms with E-state index < -0.39 is 0 Å². The van der Waals surface area contributed by atoms with E-state index in [0.717, 1.165) is 21.5 Å². The third-order valence-electron chi connectivity index (χ3n) is 2.80. The predicted octanol–water partition coefficient (Wildman–Crippen LogP) is 3.32. The highest BCUT2D eigenvalue weighted by Crippen LogP contribution is 2.29. The van der Waals surface area contributed by atoms with Crippen molar-refractivity contribution >= 4 is 21.8 Å². The third kappa shape index (κ3) is 3.51. The Hall–Kier alpha value is -2.01. The van der Waals surface area contributed by atoms with Crippen molar-refractivity contribution in [3.8, 4) is 11.5 Å². The molecule has 0 radical (unpaired) electrons. The lowest BCUT2D eigenvalue weighted by Gasteiger charge is -2.10. The van der Waals surface area contributed by atoms with Gasteiger partial charge in [-0.25, -0.2) is 0 Å². The molecular formula is C15H15BrN2O2. The molecule has 0 aliphatic carbocycles. The molecule has 0 atom stereocenters. The number of nitrogens with two attached hydrogens (primary N) is 1. The number of ether oxygens (including phenoxy) is 2. The predicted molar refractivity (Wildman–Crippen MR) is 82.5 cm³/mol. The van der Waals surface area contributed by atoms with Crippen molar-refractivity contribution in [3.05, 3.63) is 58.1 Å². The Kier molecular flexibility index (Phi) is 4.63. The van der Waals surface area contributed by atoms with Crippen LogP contribution in [0.3, 0.4) is 0 Å². The number of hydrogen-bond acceptors (Lipinski definition) is 3. The number of rotatable bonds is 5. The van der Waals surface area contributed by atoms with Crippen molar-refractivity contribution in [1.82, 2.24) is 0 Å². The van der Waals surface area contributed by atoms with Gasteiger partial charge in [0.25, 0.3) is 0 Å². The Balaban J connectivity index is 2.03. The number of benzene rings is 2. The van der Waals surface area contributed by atoms with Crippen molar-refractivity contribution in [1.29, 1.82) is 5.41 Å². The Morgan fingerprint density at radius 2 is 1.90 bits per heavy atom. The summed E-state index contributed by atoms with van der Waals surface area (Å²) in [5.41, 5.74) is 7.13. The summed E-state index contributed by atoms with van der Waals surface area (Å²) in [6.07, 6.45) is 0. The molecule has 2 aromatic rings. The summed E-state index contributed by atoms with van der Waals surface area (Å²) in [5.74, 6) is 1.59. The molecule has 0 aromatic heterocycles. The van der Waals surface area contributed by atoms with E-state index in [1.807, 2.05) is 42.5 Å². The molecule has 0 saturated heterocycles. The van der Waals surface area contributed by atoms with Gasteiger partial charge in [0.1, 0.15) is 23.9 Å². The maximum atomic E-state index is 7.34. The molecule has 0 aliphatic heterocycles. The van der Waals surface area contributed by atoms with Crippen molar-refractivity contribution in [3.63, 3.8) is 0 Å². The van der Waals surface area contributed by atoms with Crippen LogP contribution in [0.4, 0.5) is 0 Å². The molecule has 0 amide bonds. The second-order valence-corrected chi connectivity index (χ2v) is 5.05. The first-order valence-electron chi connectivity index (χ1n) is 6.00. The molecule has 0 heterocycles. The maximum absolute atomic E-state index is 7.34. The number of hydrogen-bond donors (Lipinski definition) is 2. The summed E-state index contributed by atoms with van der Waals surface area (Å²) in [5, 5.41) is 7.34. The molecule has 0 bridgehead atoms. The highest BCUT2D eigenvalue weighted by molar-refractivity contribution is 9.10. The first-order chi connectivity index (χ1) is 9.60. The van der Waals surface area contributed by atoms with Gasteiger partial charge in [-0.15, -0.1) is 0 Å². The van der Waals surface area contributed by atoms with Gasteiger partial charge in [-0.2, -0.15) is 0 Å². The molecule has 0 saturated carbocycles. The van der Waals surface area contributed by atoms with Crippen molar-refractivity contribution in [2.75, 3.05) is 7.11 Å². The fourth-order valence-electron chi connectivity index (χ4n) is 1.67. The second kappa shape index (κ2) is 6.43. The second-order valence-electron chi connectivity index (χ2n) is 4.20. The van der Waals surface area contributed by atoms with Crippen LogP contribution in [0.2, 0.25) is 0 Å². The van der Waals surface area contributed by atoms with E-state index >= 15 is 0 Å². The van der Waals surface area contributed by atoms with E-state index in [0.29, 0.717) is 12.2 Å². The lowest BCUT2D eigenvalue weighted by molar-refractivity contribution is 0.303. The smallest absolute Gasteiger partial charge is 0.134 e. The number of amidine groups is 1. The van der Waals surface area contributed by atoms with Crippen LogP contribution >= 0.6 is 15.9 Å². The standard InChI is InChI=1S/C15H15BrN2O2/c1-19-12-6-7-14(13(16)8-12)20-9-10-2-4-11(5-3-10)15(17)18/h2-8H,9H2,1H3,(H3,17,18). The van der Waals surface area contributed by atoms with Crippen LogP contribution in [0, 0.1) is 5.41 Å². The SMILES string of the molecule is COc1ccc(OCc2ccc(C(=N)N)cc2)c(Br)c1. The van der Waals surface area contributed by atoms with Gasteiger partial charge >= 0.3 is 0 Å². The van der Waals surface area contributed by atoms with E-state index in [-0.39, 0.29) is 5.84 Å². The highest BCUT2D eigenvalue weighted by Gasteiger charge is 2.04. The molecule has 104 valence electrons. The Morgan fingerprint density at radius 3 is 2.45 bits per heavy atom. The summed E-state index contributed by atoms with van der Waals surface area (Å²) >= 11 is 3.44. The topological polar surface area (TPSA) is 68.3 Å². The minimum absolute atomic E-state index is 0.0652. The number of nitrogen functional groups attached to an aromatic ring is 1. The zero-order valence-corrected chi connectivity index (χ0v) is 12.6. The molecule has 2 rings (SSSR count). The fraction of sp³-hybridized carbons (Fsp3) is 0.133. The van der Waals surface area contributed by atoms with Gasteiger partial charge in [0.2, 0.25) is 0 Å². The fourth-order valence-corrected chi connectivity index (χ4v) is 2.14. The normalized spacial score (nSPS) is 10.1. The van der Waals surface area contributed by atoms with Gasteiger partial charge in [0.05, 0.1) is 11.6 Å². The van der Waals surface area contributed by atoms with E-state index in [1.165, 1.54) is 0 Å². The van der Waals surface area contributed by atoms with Gasteiger partial charge in [0, 0.05) is 5.56 Å². The van der Waals surface area contributed by atoms with Gasteiger partial charge in [0.15, 0.2) is 0 Å². The van der Waals surface area contributed by atoms with Crippen molar-refractivity contribution < 1.29 is 9.47 Å². The minimum Gasteiger partial charge on any atom is -0.497 e. The zero-order chi connectivity index (χ0) is 14.5. The largest absolute Gasteiger partial charge is 0.497 e. The lowest BCUT2D eigenvalue weighted by atomic mass is 10.1. The minimum atomic E-state index is 0.0652. The molecule has 0 spiro atoms. The van der Waals surface area contributed by atoms with Crippen LogP contribution in [0.1, 0.15) is 11.1 Å². The Labute approximate surface area is 126 Å². The Morgan fingerprint density at radius 1 is 1.20 bits per heavy atom. The average Bonchev–Trinajstić information content (AvgIpc) is 2.46. The van der Waals surface area contributed by atoms with Gasteiger partial charge in [-0.05, 0) is 39.7 Å². The molecule has 5 heteroatoms. The van der Waals surface area contributed by atoms with E-state index in [1.54, 1.807) is 7.11 Å². The molecule has 0 aliphatic rings. The van der Waals surface area contributed by atoms with E-state index in [9.17, 15) is 0 Å². The molecule has 0 unspecified atom stereocenters. The van der Waals surface area contributed by atoms with Crippen LogP contribution in [0.15, 0.2) is 46.9 Å². The first kappa shape index (κ1) is 14.4. The highest BCUT2D eigenvalue weighted by atomic mass is 79.9. The Bertz CT molecular complexity index is 612. The zero-order valence-electron chi connectivity index (χ0n) is 11.0. The van der Waals surface area contributed by atoms with Crippen LogP contribution in [0.5, 0.6) is 11.5 Å². The molecule has 4 nitrogen and oxygen atoms in total. The summed E-state index contributed by atoms with van der Waals surface area (Å²) in [6.45, 7) is 0.448. The number of methoxy groups -OCH3 is 1. The molecule has 3 N–H and O–H groups in total. The third-order valence-corrected chi connectivity index (χ3v) is 3.42. The molecule has 0 fully saturated rings. The van der Waals surface area contributed by atoms with Crippen molar-refractivity contribution in [2.45, 2.75) is 6.61 Å². The summed E-state index contributed by atoms with van der Waals surface area (Å²) in [6, 6.07) is 13.0. The average molecular weight is 335 g/mol. The van der Waals surface area contributed by atoms with Crippen LogP contribution in [0.25, 0.3) is 0 Å². The quantitative estimate of drug-likeness (QED) is 0.651. The number of nitrogens with one attached hydrogen (secondary N) is 1. The summed E-state index contributed by atoms with van der Waals surface area (Å²) in [4.78, 5) is 0. The van der Waals surface area contributed by atoms with Crippen LogP contribution in [-0.4, -0.2) is 12.9 Å². The number of halogens is 1. The first-order valence-corrected chi connectivity index (χ1v) is 6.79. The maximum Gasteiger partial charge on any atom is 0.134 e. The van der Waals surface area contributed by atoms with Crippen LogP contribution in [-0.2, 0) is 6.61 Å². The monoisotopic (exact) mass is 334 g/mol. The summed E-state index contributed by atoms with van der Waals surface area (Å²) in [7, 11) is 1.62. The molecular weight excluding hydrogens is 320 g/mol. The van der Waals surface area contributed by atoms with Crippen molar-refractivity contribution in [2.24, 2.45) is 5.73 Å². The van der Waals surface area contributed by atoms with Gasteiger partial charge < -0.3 is 15.2 Å². The van der Waals surface area contributed by atoms with E-state index in [4.69, 9.17) is 20.6 Å². The van der Waals surface area contributed by atoms with Gasteiger partial charge in [-0.3, -0.25) is 5.41 Å². The molecule has 20 heavy (non-hydrogen) atoms. The molecule has 2 aromatic carbocycles. The van der Waals surface area contributed by atoms with Gasteiger partial charge in [-0.1, -0.05) is 24.3 Å². The van der Waals surface area contributed by atoms with E-state index in [2.05, 4.69) is 15.9 Å². The van der Waals surface area contributed by atoms with Crippen LogP contribution < -0.4 is 15.2 Å².